The van der Waals surface area contributed by atoms with Crippen LogP contribution in [0.1, 0.15) is 97.8 Å². The van der Waals surface area contributed by atoms with Gasteiger partial charge in [-0.05, 0) is 86.9 Å². The summed E-state index contributed by atoms with van der Waals surface area (Å²) in [5.41, 5.74) is 3.84. The molecule has 4 unspecified atom stereocenters. The van der Waals surface area contributed by atoms with E-state index in [0.29, 0.717) is 5.41 Å². The molecule has 3 aliphatic rings. The molecule has 24 heavy (non-hydrogen) atoms. The average molecular weight is 329 g/mol. The van der Waals surface area contributed by atoms with Gasteiger partial charge in [-0.3, -0.25) is 0 Å². The number of fused-ring (bicyclic) bond motifs is 2. The van der Waals surface area contributed by atoms with E-state index in [9.17, 15) is 0 Å². The van der Waals surface area contributed by atoms with Gasteiger partial charge < -0.3 is 0 Å². The van der Waals surface area contributed by atoms with E-state index in [1.165, 1.54) is 82.6 Å². The van der Waals surface area contributed by atoms with E-state index >= 15 is 0 Å². The largest absolute Gasteiger partial charge is 0.0995 e. The van der Waals surface area contributed by atoms with E-state index in [-0.39, 0.29) is 0 Å². The lowest BCUT2D eigenvalue weighted by Gasteiger charge is -2.39. The molecule has 0 heteroatoms. The second kappa shape index (κ2) is 7.79. The number of hydrogen-bond donors (Lipinski definition) is 0. The van der Waals surface area contributed by atoms with Crippen molar-refractivity contribution in [2.45, 2.75) is 97.8 Å². The maximum atomic E-state index is 4.49. The summed E-state index contributed by atoms with van der Waals surface area (Å²) in [6.07, 6.45) is 19.3. The molecule has 0 saturated heterocycles. The molecule has 3 aliphatic carbocycles. The molecule has 0 spiro atoms. The fraction of sp³-hybridized carbons (Fsp3) is 0.833. The summed E-state index contributed by atoms with van der Waals surface area (Å²) in [6.45, 7) is 12.0. The van der Waals surface area contributed by atoms with Crippen LogP contribution in [0.2, 0.25) is 0 Å². The Kier molecular flexibility index (Phi) is 5.94. The minimum absolute atomic E-state index is 0.632. The molecule has 0 aromatic heterocycles. The number of unbranched alkanes of at least 4 members (excludes halogenated alkanes) is 1. The van der Waals surface area contributed by atoms with Crippen LogP contribution >= 0.6 is 0 Å². The van der Waals surface area contributed by atoms with Crippen LogP contribution in [0, 0.1) is 29.1 Å². The van der Waals surface area contributed by atoms with Gasteiger partial charge in [-0.1, -0.05) is 63.8 Å². The van der Waals surface area contributed by atoms with E-state index in [0.717, 1.165) is 23.7 Å². The van der Waals surface area contributed by atoms with Crippen LogP contribution in [0.4, 0.5) is 0 Å². The highest BCUT2D eigenvalue weighted by atomic mass is 14.5. The average Bonchev–Trinajstić information content (AvgIpc) is 3.14. The van der Waals surface area contributed by atoms with Gasteiger partial charge in [0.15, 0.2) is 0 Å². The van der Waals surface area contributed by atoms with Crippen molar-refractivity contribution in [1.29, 1.82) is 0 Å². The molecule has 0 aliphatic heterocycles. The fourth-order valence-electron chi connectivity index (χ4n) is 6.54. The van der Waals surface area contributed by atoms with E-state index < -0.39 is 0 Å². The standard InChI is InChI=1S/C24H40/c1-5-6-9-20-12-18(2)14-21-16-23(15-19(3)13-20)24(4,17-21)22-10-7-8-11-22/h9,19,21-23H,2,5-8,10-17H2,1,3-4H3/b20-9-. The predicted molar refractivity (Wildman–Crippen MR) is 106 cm³/mol. The van der Waals surface area contributed by atoms with Gasteiger partial charge in [0.2, 0.25) is 0 Å². The Morgan fingerprint density at radius 3 is 2.58 bits per heavy atom. The summed E-state index contributed by atoms with van der Waals surface area (Å²) >= 11 is 0. The molecule has 0 N–H and O–H groups in total. The summed E-state index contributed by atoms with van der Waals surface area (Å²) < 4.78 is 0. The summed E-state index contributed by atoms with van der Waals surface area (Å²) in [5.74, 6) is 3.76. The molecule has 136 valence electrons. The van der Waals surface area contributed by atoms with Crippen LogP contribution in [-0.4, -0.2) is 0 Å². The van der Waals surface area contributed by atoms with Crippen molar-refractivity contribution in [3.05, 3.63) is 23.8 Å². The smallest absolute Gasteiger partial charge is 0.0111 e. The predicted octanol–water partition coefficient (Wildman–Crippen LogP) is 7.70. The number of hydrogen-bond acceptors (Lipinski definition) is 0. The van der Waals surface area contributed by atoms with Crippen LogP contribution in [0.25, 0.3) is 0 Å². The second-order valence-electron chi connectivity index (χ2n) is 9.82. The third-order valence-electron chi connectivity index (χ3n) is 7.64. The van der Waals surface area contributed by atoms with Gasteiger partial charge in [-0.15, -0.1) is 0 Å². The normalized spacial score (nSPS) is 40.4. The fourth-order valence-corrected chi connectivity index (χ4v) is 6.54. The van der Waals surface area contributed by atoms with Crippen LogP contribution in [0.5, 0.6) is 0 Å². The van der Waals surface area contributed by atoms with Gasteiger partial charge in [0.05, 0.1) is 0 Å². The van der Waals surface area contributed by atoms with Crippen LogP contribution < -0.4 is 0 Å². The molecule has 4 atom stereocenters. The SMILES string of the molecule is C=C1C/C(=C/CCC)CC(C)CC2CC(C1)CC2(C)C1CCCC1. The van der Waals surface area contributed by atoms with Gasteiger partial charge in [0.1, 0.15) is 0 Å². The monoisotopic (exact) mass is 328 g/mol. The van der Waals surface area contributed by atoms with Crippen LogP contribution in [0.3, 0.4) is 0 Å². The lowest BCUT2D eigenvalue weighted by Crippen LogP contribution is -2.31. The lowest BCUT2D eigenvalue weighted by atomic mass is 9.66. The molecular weight excluding hydrogens is 288 g/mol. The van der Waals surface area contributed by atoms with Crippen molar-refractivity contribution in [2.75, 3.05) is 0 Å². The molecule has 3 saturated carbocycles. The topological polar surface area (TPSA) is 0 Å². The summed E-state index contributed by atoms with van der Waals surface area (Å²) in [7, 11) is 0. The van der Waals surface area contributed by atoms with Crippen LogP contribution in [-0.2, 0) is 0 Å². The van der Waals surface area contributed by atoms with Crippen molar-refractivity contribution in [1.82, 2.24) is 0 Å². The number of rotatable bonds is 3. The second-order valence-corrected chi connectivity index (χ2v) is 9.82. The van der Waals surface area contributed by atoms with E-state index in [4.69, 9.17) is 0 Å². The zero-order valence-electron chi connectivity index (χ0n) is 16.6. The van der Waals surface area contributed by atoms with Gasteiger partial charge >= 0.3 is 0 Å². The van der Waals surface area contributed by atoms with Gasteiger partial charge in [0.25, 0.3) is 0 Å². The van der Waals surface area contributed by atoms with Crippen molar-refractivity contribution in [3.63, 3.8) is 0 Å². The lowest BCUT2D eigenvalue weighted by molar-refractivity contribution is 0.106. The molecule has 3 rings (SSSR count). The first-order valence-electron chi connectivity index (χ1n) is 10.9. The maximum absolute atomic E-state index is 4.49. The third kappa shape index (κ3) is 4.00. The highest BCUT2D eigenvalue weighted by molar-refractivity contribution is 5.16. The van der Waals surface area contributed by atoms with Crippen molar-refractivity contribution in [3.8, 4) is 0 Å². The first-order valence-corrected chi connectivity index (χ1v) is 10.9. The Bertz CT molecular complexity index is 464. The molecular formula is C24H40. The van der Waals surface area contributed by atoms with Gasteiger partial charge in [-0.2, -0.15) is 0 Å². The molecule has 2 bridgehead atoms. The van der Waals surface area contributed by atoms with Crippen LogP contribution in [0.15, 0.2) is 23.8 Å². The molecule has 0 heterocycles. The summed E-state index contributed by atoms with van der Waals surface area (Å²) in [5, 5.41) is 0. The van der Waals surface area contributed by atoms with Gasteiger partial charge in [0, 0.05) is 0 Å². The maximum Gasteiger partial charge on any atom is -0.0111 e. The highest BCUT2D eigenvalue weighted by Crippen LogP contribution is 2.58. The molecule has 0 nitrogen and oxygen atoms in total. The Labute approximate surface area is 151 Å². The molecule has 0 aromatic carbocycles. The van der Waals surface area contributed by atoms with Gasteiger partial charge in [-0.25, -0.2) is 0 Å². The van der Waals surface area contributed by atoms with Crippen molar-refractivity contribution < 1.29 is 0 Å². The minimum Gasteiger partial charge on any atom is -0.0995 e. The van der Waals surface area contributed by atoms with E-state index in [1.54, 1.807) is 5.57 Å². The Hall–Kier alpha value is -0.520. The Morgan fingerprint density at radius 2 is 1.88 bits per heavy atom. The zero-order chi connectivity index (χ0) is 17.2. The zero-order valence-corrected chi connectivity index (χ0v) is 16.6. The third-order valence-corrected chi connectivity index (χ3v) is 7.64. The summed E-state index contributed by atoms with van der Waals surface area (Å²) in [4.78, 5) is 0. The molecule has 0 radical (unpaired) electrons. The number of allylic oxidation sites excluding steroid dienone is 3. The highest BCUT2D eigenvalue weighted by Gasteiger charge is 2.49. The molecule has 0 aromatic rings. The molecule has 3 fully saturated rings. The van der Waals surface area contributed by atoms with E-state index in [1.807, 2.05) is 0 Å². The van der Waals surface area contributed by atoms with E-state index in [2.05, 4.69) is 33.4 Å². The summed E-state index contributed by atoms with van der Waals surface area (Å²) in [6, 6.07) is 0. The first kappa shape index (κ1) is 18.3. The molecule has 0 amide bonds. The first-order chi connectivity index (χ1) is 11.5. The van der Waals surface area contributed by atoms with Crippen molar-refractivity contribution >= 4 is 0 Å². The van der Waals surface area contributed by atoms with Crippen molar-refractivity contribution in [2.24, 2.45) is 29.1 Å². The Balaban J connectivity index is 1.78. The Morgan fingerprint density at radius 1 is 1.12 bits per heavy atom. The minimum atomic E-state index is 0.632. The quantitative estimate of drug-likeness (QED) is 0.465.